The van der Waals surface area contributed by atoms with E-state index in [-0.39, 0.29) is 11.3 Å². The van der Waals surface area contributed by atoms with Crippen molar-refractivity contribution in [2.24, 2.45) is 0 Å². The molecule has 0 aliphatic heterocycles. The number of hydrogen-bond donors (Lipinski definition) is 2. The first-order chi connectivity index (χ1) is 12.8. The summed E-state index contributed by atoms with van der Waals surface area (Å²) in [6, 6.07) is 18.1. The Bertz CT molecular complexity index is 973. The summed E-state index contributed by atoms with van der Waals surface area (Å²) in [5, 5.41) is 5.95. The van der Waals surface area contributed by atoms with Gasteiger partial charge in [0.15, 0.2) is 0 Å². The van der Waals surface area contributed by atoms with E-state index in [1.165, 1.54) is 12.1 Å². The van der Waals surface area contributed by atoms with Gasteiger partial charge in [0.05, 0.1) is 27.5 Å². The van der Waals surface area contributed by atoms with Crippen LogP contribution in [0.5, 0.6) is 0 Å². The SMILES string of the molecule is O=C(Nc1ccccc1Cl)c1ccccc1Nc1cccc(C(F)(F)F)c1. The molecule has 0 heterocycles. The number of carbonyl (C=O) groups is 1. The number of carbonyl (C=O) groups excluding carboxylic acids is 1. The predicted octanol–water partition coefficient (Wildman–Crippen LogP) is 6.35. The number of hydrogen-bond acceptors (Lipinski definition) is 2. The Balaban J connectivity index is 1.86. The van der Waals surface area contributed by atoms with Gasteiger partial charge in [-0.3, -0.25) is 4.79 Å². The molecule has 3 aromatic rings. The molecule has 0 aliphatic rings. The molecule has 0 spiro atoms. The van der Waals surface area contributed by atoms with Crippen molar-refractivity contribution in [3.8, 4) is 0 Å². The summed E-state index contributed by atoms with van der Waals surface area (Å²) < 4.78 is 38.7. The highest BCUT2D eigenvalue weighted by Crippen LogP contribution is 2.32. The molecule has 0 saturated carbocycles. The standard InChI is InChI=1S/C20H14ClF3N2O/c21-16-9-2-4-11-18(16)26-19(27)15-8-1-3-10-17(15)25-14-7-5-6-13(12-14)20(22,23)24/h1-12,25H,(H,26,27). The molecule has 0 unspecified atom stereocenters. The van der Waals surface area contributed by atoms with Gasteiger partial charge < -0.3 is 10.6 Å². The van der Waals surface area contributed by atoms with Crippen LogP contribution in [-0.4, -0.2) is 5.91 Å². The zero-order valence-electron chi connectivity index (χ0n) is 13.8. The molecular formula is C20H14ClF3N2O. The van der Waals surface area contributed by atoms with Crippen molar-refractivity contribution in [3.05, 3.63) is 88.9 Å². The second-order valence-corrected chi connectivity index (χ2v) is 6.09. The highest BCUT2D eigenvalue weighted by Gasteiger charge is 2.30. The first-order valence-electron chi connectivity index (χ1n) is 7.94. The lowest BCUT2D eigenvalue weighted by Gasteiger charge is -2.14. The van der Waals surface area contributed by atoms with Gasteiger partial charge in [0.2, 0.25) is 0 Å². The maximum Gasteiger partial charge on any atom is 0.416 e. The number of amides is 1. The minimum Gasteiger partial charge on any atom is -0.355 e. The quantitative estimate of drug-likeness (QED) is 0.544. The van der Waals surface area contributed by atoms with Gasteiger partial charge in [-0.2, -0.15) is 13.2 Å². The Kier molecular flexibility index (Phi) is 5.37. The van der Waals surface area contributed by atoms with Gasteiger partial charge >= 0.3 is 6.18 Å². The fourth-order valence-electron chi connectivity index (χ4n) is 2.47. The van der Waals surface area contributed by atoms with Crippen molar-refractivity contribution >= 4 is 34.6 Å². The minimum absolute atomic E-state index is 0.225. The molecule has 0 bridgehead atoms. The Labute approximate surface area is 158 Å². The number of alkyl halides is 3. The predicted molar refractivity (Wildman–Crippen MR) is 101 cm³/mol. The Morgan fingerprint density at radius 2 is 1.52 bits per heavy atom. The van der Waals surface area contributed by atoms with Crippen LogP contribution in [0.4, 0.5) is 30.2 Å². The van der Waals surface area contributed by atoms with Gasteiger partial charge in [0.25, 0.3) is 5.91 Å². The van der Waals surface area contributed by atoms with Gasteiger partial charge in [-0.1, -0.05) is 41.9 Å². The number of rotatable bonds is 4. The van der Waals surface area contributed by atoms with E-state index in [0.29, 0.717) is 16.4 Å². The maximum atomic E-state index is 12.9. The van der Waals surface area contributed by atoms with Crippen molar-refractivity contribution in [2.45, 2.75) is 6.18 Å². The zero-order valence-corrected chi connectivity index (χ0v) is 14.6. The van der Waals surface area contributed by atoms with E-state index in [0.717, 1.165) is 12.1 Å². The summed E-state index contributed by atoms with van der Waals surface area (Å²) >= 11 is 6.05. The van der Waals surface area contributed by atoms with Crippen molar-refractivity contribution in [3.63, 3.8) is 0 Å². The molecule has 0 radical (unpaired) electrons. The topological polar surface area (TPSA) is 41.1 Å². The van der Waals surface area contributed by atoms with Crippen LogP contribution >= 0.6 is 11.6 Å². The smallest absolute Gasteiger partial charge is 0.355 e. The average molecular weight is 391 g/mol. The minimum atomic E-state index is -4.45. The lowest BCUT2D eigenvalue weighted by molar-refractivity contribution is -0.137. The van der Waals surface area contributed by atoms with Crippen molar-refractivity contribution < 1.29 is 18.0 Å². The highest BCUT2D eigenvalue weighted by molar-refractivity contribution is 6.34. The molecule has 138 valence electrons. The van der Waals surface area contributed by atoms with Crippen LogP contribution in [0.15, 0.2) is 72.8 Å². The second-order valence-electron chi connectivity index (χ2n) is 5.68. The normalized spacial score (nSPS) is 11.1. The summed E-state index contributed by atoms with van der Waals surface area (Å²) in [5.41, 5.74) is 0.544. The molecule has 0 atom stereocenters. The van der Waals surface area contributed by atoms with Gasteiger partial charge in [-0.15, -0.1) is 0 Å². The summed E-state index contributed by atoms with van der Waals surface area (Å²) in [6.07, 6.45) is -4.45. The van der Waals surface area contributed by atoms with Gasteiger partial charge in [0.1, 0.15) is 0 Å². The van der Waals surface area contributed by atoms with E-state index in [9.17, 15) is 18.0 Å². The Hall–Kier alpha value is -2.99. The fourth-order valence-corrected chi connectivity index (χ4v) is 2.65. The average Bonchev–Trinajstić information content (AvgIpc) is 2.63. The molecule has 3 nitrogen and oxygen atoms in total. The van der Waals surface area contributed by atoms with E-state index < -0.39 is 17.6 Å². The zero-order chi connectivity index (χ0) is 19.4. The van der Waals surface area contributed by atoms with Crippen LogP contribution in [0, 0.1) is 0 Å². The molecule has 27 heavy (non-hydrogen) atoms. The third kappa shape index (κ3) is 4.60. The summed E-state index contributed by atoms with van der Waals surface area (Å²) in [7, 11) is 0. The second kappa shape index (κ2) is 7.72. The van der Waals surface area contributed by atoms with E-state index >= 15 is 0 Å². The number of nitrogens with one attached hydrogen (secondary N) is 2. The molecule has 0 aromatic heterocycles. The van der Waals surface area contributed by atoms with Crippen LogP contribution in [0.3, 0.4) is 0 Å². The largest absolute Gasteiger partial charge is 0.416 e. The van der Waals surface area contributed by atoms with E-state index in [1.807, 2.05) is 0 Å². The third-order valence-electron chi connectivity index (χ3n) is 3.76. The van der Waals surface area contributed by atoms with Crippen LogP contribution in [0.1, 0.15) is 15.9 Å². The monoisotopic (exact) mass is 390 g/mol. The molecule has 7 heteroatoms. The first kappa shape index (κ1) is 18.8. The highest BCUT2D eigenvalue weighted by atomic mass is 35.5. The third-order valence-corrected chi connectivity index (χ3v) is 4.09. The van der Waals surface area contributed by atoms with Crippen LogP contribution in [0.2, 0.25) is 5.02 Å². The summed E-state index contributed by atoms with van der Waals surface area (Å²) in [6.45, 7) is 0. The van der Waals surface area contributed by atoms with E-state index in [4.69, 9.17) is 11.6 Å². The lowest BCUT2D eigenvalue weighted by atomic mass is 10.1. The van der Waals surface area contributed by atoms with Crippen molar-refractivity contribution in [2.75, 3.05) is 10.6 Å². The molecule has 2 N–H and O–H groups in total. The molecular weight excluding hydrogens is 377 g/mol. The molecule has 0 saturated heterocycles. The number of anilines is 3. The number of halogens is 4. The van der Waals surface area contributed by atoms with Gasteiger partial charge in [-0.25, -0.2) is 0 Å². The fraction of sp³-hybridized carbons (Fsp3) is 0.0500. The molecule has 1 amide bonds. The first-order valence-corrected chi connectivity index (χ1v) is 8.31. The molecule has 3 rings (SSSR count). The Morgan fingerprint density at radius 1 is 0.852 bits per heavy atom. The number of para-hydroxylation sites is 2. The maximum absolute atomic E-state index is 12.9. The van der Waals surface area contributed by atoms with Gasteiger partial charge in [0, 0.05) is 5.69 Å². The van der Waals surface area contributed by atoms with E-state index in [1.54, 1.807) is 48.5 Å². The van der Waals surface area contributed by atoms with Crippen LogP contribution in [0.25, 0.3) is 0 Å². The molecule has 0 aliphatic carbocycles. The van der Waals surface area contributed by atoms with Crippen molar-refractivity contribution in [1.82, 2.24) is 0 Å². The van der Waals surface area contributed by atoms with E-state index in [2.05, 4.69) is 10.6 Å². The summed E-state index contributed by atoms with van der Waals surface area (Å²) in [4.78, 5) is 12.6. The van der Waals surface area contributed by atoms with Crippen LogP contribution < -0.4 is 10.6 Å². The van der Waals surface area contributed by atoms with Gasteiger partial charge in [-0.05, 0) is 42.5 Å². The summed E-state index contributed by atoms with van der Waals surface area (Å²) in [5.74, 6) is -0.432. The Morgan fingerprint density at radius 3 is 2.22 bits per heavy atom. The van der Waals surface area contributed by atoms with Crippen LogP contribution in [-0.2, 0) is 6.18 Å². The van der Waals surface area contributed by atoms with Crippen molar-refractivity contribution in [1.29, 1.82) is 0 Å². The molecule has 0 fully saturated rings. The molecule has 3 aromatic carbocycles. The lowest BCUT2D eigenvalue weighted by Crippen LogP contribution is -2.14. The number of benzene rings is 3.